The van der Waals surface area contributed by atoms with E-state index in [9.17, 15) is 0 Å². The summed E-state index contributed by atoms with van der Waals surface area (Å²) in [5.74, 6) is 2.04. The largest absolute Gasteiger partial charge is 0.490 e. The number of methoxy groups -OCH3 is 1. The van der Waals surface area contributed by atoms with E-state index in [2.05, 4.69) is 15.3 Å². The first-order chi connectivity index (χ1) is 9.65. The predicted octanol–water partition coefficient (Wildman–Crippen LogP) is 2.82. The third kappa shape index (κ3) is 3.11. The van der Waals surface area contributed by atoms with Gasteiger partial charge in [-0.2, -0.15) is 0 Å². The molecule has 0 aliphatic carbocycles. The van der Waals surface area contributed by atoms with Gasteiger partial charge in [-0.3, -0.25) is 0 Å². The van der Waals surface area contributed by atoms with Crippen LogP contribution in [0.4, 0.5) is 11.6 Å². The fourth-order valence-electron chi connectivity index (χ4n) is 1.94. The summed E-state index contributed by atoms with van der Waals surface area (Å²) in [6, 6.07) is 7.74. The van der Waals surface area contributed by atoms with Gasteiger partial charge in [0.25, 0.3) is 0 Å². The minimum atomic E-state index is 0.631. The lowest BCUT2D eigenvalue weighted by Gasteiger charge is -2.21. The summed E-state index contributed by atoms with van der Waals surface area (Å²) in [6.45, 7) is 0.702. The number of hydrogen-bond acceptors (Lipinski definition) is 5. The molecular formula is C14H17ClN4O. The smallest absolute Gasteiger partial charge is 0.204 e. The normalized spacial score (nSPS) is 10.2. The van der Waals surface area contributed by atoms with Gasteiger partial charge in [0.2, 0.25) is 5.75 Å². The van der Waals surface area contributed by atoms with Gasteiger partial charge in [-0.05, 0) is 17.7 Å². The van der Waals surface area contributed by atoms with Gasteiger partial charge < -0.3 is 15.0 Å². The van der Waals surface area contributed by atoms with Crippen molar-refractivity contribution in [2.75, 3.05) is 31.4 Å². The van der Waals surface area contributed by atoms with Crippen LogP contribution < -0.4 is 15.0 Å². The molecule has 0 saturated carbocycles. The first-order valence-corrected chi connectivity index (χ1v) is 6.55. The lowest BCUT2D eigenvalue weighted by molar-refractivity contribution is 0.413. The number of benzene rings is 1. The number of anilines is 2. The van der Waals surface area contributed by atoms with Crippen molar-refractivity contribution in [1.29, 1.82) is 0 Å². The summed E-state index contributed by atoms with van der Waals surface area (Å²) in [6.07, 6.45) is 1.52. The van der Waals surface area contributed by atoms with Crippen molar-refractivity contribution in [3.05, 3.63) is 41.2 Å². The lowest BCUT2D eigenvalue weighted by Crippen LogP contribution is -2.19. The van der Waals surface area contributed by atoms with Crippen LogP contribution in [0.1, 0.15) is 5.56 Å². The predicted molar refractivity (Wildman–Crippen MR) is 81.7 cm³/mol. The highest BCUT2D eigenvalue weighted by molar-refractivity contribution is 6.30. The number of nitrogens with one attached hydrogen (secondary N) is 1. The van der Waals surface area contributed by atoms with Gasteiger partial charge in [0, 0.05) is 25.7 Å². The highest BCUT2D eigenvalue weighted by Crippen LogP contribution is 2.31. The molecular weight excluding hydrogens is 276 g/mol. The molecule has 0 saturated heterocycles. The summed E-state index contributed by atoms with van der Waals surface area (Å²) in [5.41, 5.74) is 1.14. The number of rotatable bonds is 5. The lowest BCUT2D eigenvalue weighted by atomic mass is 10.2. The Balaban J connectivity index is 2.24. The van der Waals surface area contributed by atoms with Gasteiger partial charge in [-0.1, -0.05) is 23.7 Å². The Morgan fingerprint density at radius 2 is 1.95 bits per heavy atom. The zero-order valence-electron chi connectivity index (χ0n) is 11.7. The molecule has 0 spiro atoms. The molecule has 2 rings (SSSR count). The highest BCUT2D eigenvalue weighted by Gasteiger charge is 2.15. The fraction of sp³-hybridized carbons (Fsp3) is 0.286. The molecule has 1 heterocycles. The molecule has 0 aliphatic heterocycles. The molecule has 0 radical (unpaired) electrons. The number of nitrogens with zero attached hydrogens (tertiary/aromatic N) is 3. The van der Waals surface area contributed by atoms with Crippen molar-refractivity contribution in [2.24, 2.45) is 0 Å². The van der Waals surface area contributed by atoms with Crippen LogP contribution in [0.3, 0.4) is 0 Å². The Hall–Kier alpha value is -2.01. The van der Waals surface area contributed by atoms with Crippen molar-refractivity contribution in [3.63, 3.8) is 0 Å². The minimum absolute atomic E-state index is 0.631. The number of aromatic nitrogens is 2. The summed E-state index contributed by atoms with van der Waals surface area (Å²) in [7, 11) is 5.37. The van der Waals surface area contributed by atoms with E-state index in [1.807, 2.05) is 36.2 Å². The van der Waals surface area contributed by atoms with Crippen LogP contribution in [-0.2, 0) is 6.54 Å². The molecule has 0 bridgehead atoms. The second kappa shape index (κ2) is 6.43. The van der Waals surface area contributed by atoms with Crippen LogP contribution >= 0.6 is 11.6 Å². The second-order valence-electron chi connectivity index (χ2n) is 4.31. The first-order valence-electron chi connectivity index (χ1n) is 6.18. The molecule has 5 nitrogen and oxygen atoms in total. The number of hydrogen-bond donors (Lipinski definition) is 1. The second-order valence-corrected chi connectivity index (χ2v) is 4.75. The zero-order chi connectivity index (χ0) is 14.5. The first kappa shape index (κ1) is 14.4. The Bertz CT molecular complexity index is 574. The zero-order valence-corrected chi connectivity index (χ0v) is 12.5. The van der Waals surface area contributed by atoms with Crippen molar-refractivity contribution >= 4 is 23.2 Å². The van der Waals surface area contributed by atoms with E-state index >= 15 is 0 Å². The Morgan fingerprint density at radius 3 is 2.55 bits per heavy atom. The van der Waals surface area contributed by atoms with Crippen LogP contribution in [0.5, 0.6) is 5.75 Å². The van der Waals surface area contributed by atoms with E-state index in [0.717, 1.165) is 16.4 Å². The molecule has 1 aromatic heterocycles. The molecule has 1 N–H and O–H groups in total. The van der Waals surface area contributed by atoms with Gasteiger partial charge in [0.1, 0.15) is 6.33 Å². The van der Waals surface area contributed by atoms with Gasteiger partial charge in [-0.25, -0.2) is 9.97 Å². The molecule has 2 aromatic rings. The molecule has 106 valence electrons. The van der Waals surface area contributed by atoms with Crippen molar-refractivity contribution in [2.45, 2.75) is 6.54 Å². The van der Waals surface area contributed by atoms with Gasteiger partial charge in [0.05, 0.1) is 7.11 Å². The average Bonchev–Trinajstić information content (AvgIpc) is 2.48. The summed E-state index contributed by atoms with van der Waals surface area (Å²) in [4.78, 5) is 10.4. The Labute approximate surface area is 123 Å². The van der Waals surface area contributed by atoms with E-state index in [1.54, 1.807) is 14.2 Å². The third-order valence-electron chi connectivity index (χ3n) is 2.92. The molecule has 0 atom stereocenters. The van der Waals surface area contributed by atoms with E-state index < -0.39 is 0 Å². The molecule has 0 unspecified atom stereocenters. The topological polar surface area (TPSA) is 50.3 Å². The van der Waals surface area contributed by atoms with Gasteiger partial charge in [0.15, 0.2) is 11.6 Å². The average molecular weight is 293 g/mol. The fourth-order valence-corrected chi connectivity index (χ4v) is 2.07. The van der Waals surface area contributed by atoms with Crippen LogP contribution in [0.25, 0.3) is 0 Å². The van der Waals surface area contributed by atoms with E-state index in [4.69, 9.17) is 16.3 Å². The number of halogens is 1. The summed E-state index contributed by atoms with van der Waals surface area (Å²) in [5, 5.41) is 3.72. The van der Waals surface area contributed by atoms with Crippen molar-refractivity contribution < 1.29 is 4.74 Å². The van der Waals surface area contributed by atoms with Gasteiger partial charge in [-0.15, -0.1) is 0 Å². The van der Waals surface area contributed by atoms with Crippen molar-refractivity contribution in [1.82, 2.24) is 9.97 Å². The maximum absolute atomic E-state index is 5.89. The third-order valence-corrected chi connectivity index (χ3v) is 3.17. The van der Waals surface area contributed by atoms with Crippen LogP contribution in [-0.4, -0.2) is 31.2 Å². The molecule has 20 heavy (non-hydrogen) atoms. The van der Waals surface area contributed by atoms with Gasteiger partial charge >= 0.3 is 0 Å². The maximum atomic E-state index is 5.89. The molecule has 0 aliphatic rings. The molecule has 6 heteroatoms. The van der Waals surface area contributed by atoms with Crippen LogP contribution in [0.2, 0.25) is 5.02 Å². The Morgan fingerprint density at radius 1 is 1.25 bits per heavy atom. The number of ether oxygens (including phenoxy) is 1. The standard InChI is InChI=1S/C14H17ClN4O/c1-16-13-12(20-3)14(18-9-17-13)19(2)8-10-4-6-11(15)7-5-10/h4-7,9H,8H2,1-3H3,(H,16,17,18). The SMILES string of the molecule is CNc1ncnc(N(C)Cc2ccc(Cl)cc2)c1OC. The highest BCUT2D eigenvalue weighted by atomic mass is 35.5. The maximum Gasteiger partial charge on any atom is 0.204 e. The van der Waals surface area contributed by atoms with E-state index in [0.29, 0.717) is 18.1 Å². The molecule has 0 fully saturated rings. The summed E-state index contributed by atoms with van der Waals surface area (Å²) >= 11 is 5.89. The quantitative estimate of drug-likeness (QED) is 0.918. The van der Waals surface area contributed by atoms with Crippen LogP contribution in [0, 0.1) is 0 Å². The Kier molecular flexibility index (Phi) is 4.63. The van der Waals surface area contributed by atoms with Crippen LogP contribution in [0.15, 0.2) is 30.6 Å². The van der Waals surface area contributed by atoms with E-state index in [1.165, 1.54) is 6.33 Å². The van der Waals surface area contributed by atoms with Crippen molar-refractivity contribution in [3.8, 4) is 5.75 Å². The molecule has 1 aromatic carbocycles. The molecule has 0 amide bonds. The van der Waals surface area contributed by atoms with E-state index in [-0.39, 0.29) is 0 Å². The monoisotopic (exact) mass is 292 g/mol. The summed E-state index contributed by atoms with van der Waals surface area (Å²) < 4.78 is 5.40. The minimum Gasteiger partial charge on any atom is -0.490 e.